The molecule has 0 radical (unpaired) electrons. The van der Waals surface area contributed by atoms with E-state index in [-0.39, 0.29) is 11.9 Å². The van der Waals surface area contributed by atoms with Gasteiger partial charge in [-0.15, -0.1) is 10.2 Å². The first-order valence-electron chi connectivity index (χ1n) is 8.75. The maximum atomic E-state index is 12.4. The zero-order valence-corrected chi connectivity index (χ0v) is 15.1. The van der Waals surface area contributed by atoms with E-state index in [1.54, 1.807) is 24.3 Å². The van der Waals surface area contributed by atoms with Crippen LogP contribution in [0.1, 0.15) is 24.2 Å². The summed E-state index contributed by atoms with van der Waals surface area (Å²) in [5.74, 6) is 1.02. The van der Waals surface area contributed by atoms with E-state index >= 15 is 0 Å². The monoisotopic (exact) mass is 361 g/mol. The molecule has 0 saturated carbocycles. The van der Waals surface area contributed by atoms with Crippen LogP contribution in [0.4, 0.5) is 5.95 Å². The molecule has 27 heavy (non-hydrogen) atoms. The standard InChI is InChI=1S/C20H19N5O2/c1-12(2)11-27-14-9-7-13(8-10-14)19(26)23-20-22-18-17(24-25-20)15-5-3-4-6-16(15)21-18/h3-10,12H,11H2,1-2H3,(H2,21,22,23,25,26). The van der Waals surface area contributed by atoms with Gasteiger partial charge in [-0.2, -0.15) is 4.98 Å². The summed E-state index contributed by atoms with van der Waals surface area (Å²) in [6, 6.07) is 14.7. The normalized spacial score (nSPS) is 11.2. The Balaban J connectivity index is 1.51. The van der Waals surface area contributed by atoms with Crippen molar-refractivity contribution in [1.82, 2.24) is 20.2 Å². The highest BCUT2D eigenvalue weighted by atomic mass is 16.5. The number of benzene rings is 2. The van der Waals surface area contributed by atoms with Crippen LogP contribution in [-0.4, -0.2) is 32.7 Å². The number of carbonyl (C=O) groups excluding carboxylic acids is 1. The van der Waals surface area contributed by atoms with Crippen LogP contribution in [0.25, 0.3) is 22.1 Å². The van der Waals surface area contributed by atoms with Crippen LogP contribution in [0.2, 0.25) is 0 Å². The number of ether oxygens (including phenoxy) is 1. The number of nitrogens with zero attached hydrogens (tertiary/aromatic N) is 3. The van der Waals surface area contributed by atoms with Crippen LogP contribution in [0.5, 0.6) is 5.75 Å². The van der Waals surface area contributed by atoms with Crippen molar-refractivity contribution in [3.8, 4) is 5.75 Å². The molecule has 0 unspecified atom stereocenters. The van der Waals surface area contributed by atoms with E-state index in [0.29, 0.717) is 29.3 Å². The number of nitrogens with one attached hydrogen (secondary N) is 2. The quantitative estimate of drug-likeness (QED) is 0.564. The van der Waals surface area contributed by atoms with Crippen molar-refractivity contribution in [2.45, 2.75) is 13.8 Å². The molecule has 0 bridgehead atoms. The Kier molecular flexibility index (Phi) is 4.42. The number of hydrogen-bond donors (Lipinski definition) is 2. The van der Waals surface area contributed by atoms with Crippen LogP contribution in [0.15, 0.2) is 48.5 Å². The molecule has 2 heterocycles. The SMILES string of the molecule is CC(C)COc1ccc(C(=O)Nc2nnc3c(n2)[nH]c2ccccc23)cc1. The van der Waals surface area contributed by atoms with Crippen LogP contribution in [0, 0.1) is 5.92 Å². The maximum absolute atomic E-state index is 12.4. The second kappa shape index (κ2) is 7.03. The van der Waals surface area contributed by atoms with Gasteiger partial charge in [0.2, 0.25) is 0 Å². The van der Waals surface area contributed by atoms with E-state index in [0.717, 1.165) is 16.7 Å². The lowest BCUT2D eigenvalue weighted by Gasteiger charge is -2.09. The second-order valence-corrected chi connectivity index (χ2v) is 6.69. The third-order valence-electron chi connectivity index (χ3n) is 4.05. The molecule has 4 rings (SSSR count). The van der Waals surface area contributed by atoms with Crippen LogP contribution in [0.3, 0.4) is 0 Å². The molecule has 1 amide bonds. The molecule has 7 nitrogen and oxygen atoms in total. The number of para-hydroxylation sites is 1. The topological polar surface area (TPSA) is 92.8 Å². The zero-order chi connectivity index (χ0) is 18.8. The van der Waals surface area contributed by atoms with Gasteiger partial charge >= 0.3 is 0 Å². The molecule has 4 aromatic rings. The van der Waals surface area contributed by atoms with Gasteiger partial charge in [-0.1, -0.05) is 32.0 Å². The molecule has 2 aromatic heterocycles. The van der Waals surface area contributed by atoms with Gasteiger partial charge in [-0.25, -0.2) is 0 Å². The predicted molar refractivity (Wildman–Crippen MR) is 104 cm³/mol. The summed E-state index contributed by atoms with van der Waals surface area (Å²) in [6.45, 7) is 4.80. The number of amides is 1. The molecule has 2 N–H and O–H groups in total. The lowest BCUT2D eigenvalue weighted by Crippen LogP contribution is -2.14. The van der Waals surface area contributed by atoms with Crippen molar-refractivity contribution in [2.24, 2.45) is 5.92 Å². The fourth-order valence-electron chi connectivity index (χ4n) is 2.71. The molecule has 0 aliphatic heterocycles. The molecule has 0 fully saturated rings. The first-order chi connectivity index (χ1) is 13.1. The molecule has 0 spiro atoms. The third kappa shape index (κ3) is 3.57. The minimum absolute atomic E-state index is 0.152. The van der Waals surface area contributed by atoms with Crippen molar-refractivity contribution in [1.29, 1.82) is 0 Å². The molecule has 0 saturated heterocycles. The van der Waals surface area contributed by atoms with Gasteiger partial charge in [0, 0.05) is 16.5 Å². The lowest BCUT2D eigenvalue weighted by molar-refractivity contribution is 0.102. The van der Waals surface area contributed by atoms with Crippen molar-refractivity contribution in [3.63, 3.8) is 0 Å². The average Bonchev–Trinajstić information content (AvgIpc) is 3.04. The van der Waals surface area contributed by atoms with E-state index < -0.39 is 0 Å². The first-order valence-corrected chi connectivity index (χ1v) is 8.75. The average molecular weight is 361 g/mol. The number of hydrogen-bond acceptors (Lipinski definition) is 5. The van der Waals surface area contributed by atoms with Crippen LogP contribution in [-0.2, 0) is 0 Å². The van der Waals surface area contributed by atoms with E-state index in [1.165, 1.54) is 0 Å². The highest BCUT2D eigenvalue weighted by Gasteiger charge is 2.12. The summed E-state index contributed by atoms with van der Waals surface area (Å²) < 4.78 is 5.63. The van der Waals surface area contributed by atoms with Crippen molar-refractivity contribution < 1.29 is 9.53 Å². The summed E-state index contributed by atoms with van der Waals surface area (Å²) in [6.07, 6.45) is 0. The van der Waals surface area contributed by atoms with Gasteiger partial charge in [0.05, 0.1) is 6.61 Å². The Hall–Kier alpha value is -3.48. The summed E-state index contributed by atoms with van der Waals surface area (Å²) in [5, 5.41) is 11.8. The molecule has 136 valence electrons. The highest BCUT2D eigenvalue weighted by molar-refractivity contribution is 6.05. The number of rotatable bonds is 5. The molecule has 0 aliphatic carbocycles. The Labute approximate surface area is 155 Å². The highest BCUT2D eigenvalue weighted by Crippen LogP contribution is 2.22. The predicted octanol–water partition coefficient (Wildman–Crippen LogP) is 3.79. The Bertz CT molecular complexity index is 1100. The van der Waals surface area contributed by atoms with Gasteiger partial charge < -0.3 is 9.72 Å². The smallest absolute Gasteiger partial charge is 0.258 e. The Morgan fingerprint density at radius 1 is 1.11 bits per heavy atom. The molecular formula is C20H19N5O2. The summed E-state index contributed by atoms with van der Waals surface area (Å²) in [7, 11) is 0. The largest absolute Gasteiger partial charge is 0.493 e. The molecule has 2 aromatic carbocycles. The minimum atomic E-state index is -0.303. The summed E-state index contributed by atoms with van der Waals surface area (Å²) in [5.41, 5.74) is 2.68. The number of carbonyl (C=O) groups is 1. The second-order valence-electron chi connectivity index (χ2n) is 6.69. The number of aromatic amines is 1. The lowest BCUT2D eigenvalue weighted by atomic mass is 10.2. The summed E-state index contributed by atoms with van der Waals surface area (Å²) in [4.78, 5) is 20.0. The maximum Gasteiger partial charge on any atom is 0.258 e. The number of H-pyrrole nitrogens is 1. The van der Waals surface area contributed by atoms with Gasteiger partial charge in [0.1, 0.15) is 11.3 Å². The first kappa shape index (κ1) is 17.0. The molecule has 0 aliphatic rings. The van der Waals surface area contributed by atoms with Gasteiger partial charge in [-0.3, -0.25) is 10.1 Å². The van der Waals surface area contributed by atoms with E-state index in [9.17, 15) is 4.79 Å². The van der Waals surface area contributed by atoms with E-state index in [4.69, 9.17) is 4.74 Å². The van der Waals surface area contributed by atoms with Crippen molar-refractivity contribution in [3.05, 3.63) is 54.1 Å². The minimum Gasteiger partial charge on any atom is -0.493 e. The third-order valence-corrected chi connectivity index (χ3v) is 4.05. The van der Waals surface area contributed by atoms with Crippen LogP contribution < -0.4 is 10.1 Å². The Morgan fingerprint density at radius 3 is 2.67 bits per heavy atom. The fourth-order valence-corrected chi connectivity index (χ4v) is 2.71. The zero-order valence-electron chi connectivity index (χ0n) is 15.1. The van der Waals surface area contributed by atoms with Gasteiger partial charge in [0.15, 0.2) is 5.65 Å². The van der Waals surface area contributed by atoms with Crippen LogP contribution >= 0.6 is 0 Å². The number of aromatic nitrogens is 4. The van der Waals surface area contributed by atoms with Crippen molar-refractivity contribution in [2.75, 3.05) is 11.9 Å². The molecular weight excluding hydrogens is 342 g/mol. The fraction of sp³-hybridized carbons (Fsp3) is 0.200. The van der Waals surface area contributed by atoms with E-state index in [2.05, 4.69) is 39.3 Å². The van der Waals surface area contributed by atoms with Crippen molar-refractivity contribution >= 4 is 33.9 Å². The number of fused-ring (bicyclic) bond motifs is 3. The van der Waals surface area contributed by atoms with Gasteiger partial charge in [0.25, 0.3) is 11.9 Å². The molecule has 7 heteroatoms. The molecule has 0 atom stereocenters. The Morgan fingerprint density at radius 2 is 1.89 bits per heavy atom. The van der Waals surface area contributed by atoms with Gasteiger partial charge in [-0.05, 0) is 36.2 Å². The van der Waals surface area contributed by atoms with E-state index in [1.807, 2.05) is 24.3 Å². The summed E-state index contributed by atoms with van der Waals surface area (Å²) >= 11 is 0. The number of anilines is 1.